The van der Waals surface area contributed by atoms with Gasteiger partial charge in [-0.2, -0.15) is 10.2 Å². The first kappa shape index (κ1) is 18.3. The van der Waals surface area contributed by atoms with E-state index in [2.05, 4.69) is 21.5 Å². The number of nitrogens with zero attached hydrogens (tertiary/aromatic N) is 3. The molecule has 6 nitrogen and oxygen atoms in total. The average molecular weight is 377 g/mol. The Morgan fingerprint density at radius 2 is 2.23 bits per heavy atom. The second-order valence-electron chi connectivity index (χ2n) is 6.30. The van der Waals surface area contributed by atoms with Crippen molar-refractivity contribution in [2.75, 3.05) is 13.1 Å². The molecule has 1 aromatic rings. The lowest BCUT2D eigenvalue weighted by atomic mass is 9.98. The van der Waals surface area contributed by atoms with Gasteiger partial charge in [-0.3, -0.25) is 9.59 Å². The molecule has 0 aromatic heterocycles. The van der Waals surface area contributed by atoms with Crippen molar-refractivity contribution in [2.45, 2.75) is 37.4 Å². The van der Waals surface area contributed by atoms with Crippen LogP contribution in [-0.2, 0) is 9.59 Å². The van der Waals surface area contributed by atoms with Crippen molar-refractivity contribution in [3.8, 4) is 12.3 Å². The number of carbonyl (C=O) groups is 2. The summed E-state index contributed by atoms with van der Waals surface area (Å²) in [4.78, 5) is 26.5. The van der Waals surface area contributed by atoms with Crippen LogP contribution in [0.25, 0.3) is 0 Å². The maximum Gasteiger partial charge on any atom is 0.247 e. The van der Waals surface area contributed by atoms with Crippen LogP contribution in [0.1, 0.15) is 37.3 Å². The van der Waals surface area contributed by atoms with Gasteiger partial charge >= 0.3 is 0 Å². The monoisotopic (exact) mass is 376 g/mol. The predicted octanol–water partition coefficient (Wildman–Crippen LogP) is 2.83. The summed E-state index contributed by atoms with van der Waals surface area (Å²) in [6.07, 6.45) is 6.95. The quantitative estimate of drug-likeness (QED) is 0.775. The summed E-state index contributed by atoms with van der Waals surface area (Å²) in [6, 6.07) is 3.10. The van der Waals surface area contributed by atoms with Gasteiger partial charge in [0.15, 0.2) is 5.66 Å². The second kappa shape index (κ2) is 7.42. The van der Waals surface area contributed by atoms with E-state index in [0.717, 1.165) is 0 Å². The van der Waals surface area contributed by atoms with Gasteiger partial charge in [0, 0.05) is 49.4 Å². The normalized spacial score (nSPS) is 20.4. The lowest BCUT2D eigenvalue weighted by Gasteiger charge is -2.36. The van der Waals surface area contributed by atoms with E-state index in [1.54, 1.807) is 0 Å². The summed E-state index contributed by atoms with van der Waals surface area (Å²) in [5, 5.41) is 10.8. The van der Waals surface area contributed by atoms with Gasteiger partial charge in [-0.25, -0.2) is 4.39 Å². The number of benzene rings is 1. The summed E-state index contributed by atoms with van der Waals surface area (Å²) in [6.45, 7) is 0.593. The van der Waals surface area contributed by atoms with Crippen molar-refractivity contribution in [3.63, 3.8) is 0 Å². The SMILES string of the molecule is C#CCCC1(CCC(=O)N2CCNC(=O)C2c2c(F)cccc2Cl)N=N1. The highest BCUT2D eigenvalue weighted by Crippen LogP contribution is 2.38. The Hall–Kier alpha value is -2.46. The van der Waals surface area contributed by atoms with Crippen LogP contribution in [0.15, 0.2) is 28.4 Å². The molecule has 8 heteroatoms. The summed E-state index contributed by atoms with van der Waals surface area (Å²) < 4.78 is 14.3. The fourth-order valence-corrected chi connectivity index (χ4v) is 3.38. The maximum absolute atomic E-state index is 14.3. The minimum atomic E-state index is -1.08. The average Bonchev–Trinajstić information content (AvgIpc) is 3.39. The third-order valence-electron chi connectivity index (χ3n) is 4.60. The largest absolute Gasteiger partial charge is 0.352 e. The second-order valence-corrected chi connectivity index (χ2v) is 6.71. The van der Waals surface area contributed by atoms with E-state index < -0.39 is 23.4 Å². The van der Waals surface area contributed by atoms with E-state index in [0.29, 0.717) is 25.8 Å². The molecular weight excluding hydrogens is 359 g/mol. The molecule has 0 bridgehead atoms. The summed E-state index contributed by atoms with van der Waals surface area (Å²) >= 11 is 6.11. The molecule has 0 radical (unpaired) electrons. The van der Waals surface area contributed by atoms with Crippen molar-refractivity contribution in [1.29, 1.82) is 0 Å². The van der Waals surface area contributed by atoms with Gasteiger partial charge in [0.05, 0.1) is 0 Å². The fraction of sp³-hybridized carbons (Fsp3) is 0.444. The first-order valence-electron chi connectivity index (χ1n) is 8.36. The molecule has 1 atom stereocenters. The van der Waals surface area contributed by atoms with Crippen molar-refractivity contribution in [3.05, 3.63) is 34.6 Å². The number of rotatable bonds is 6. The number of hydrogen-bond acceptors (Lipinski definition) is 4. The highest BCUT2D eigenvalue weighted by molar-refractivity contribution is 6.31. The van der Waals surface area contributed by atoms with E-state index in [4.69, 9.17) is 18.0 Å². The van der Waals surface area contributed by atoms with Gasteiger partial charge in [-0.05, 0) is 12.1 Å². The van der Waals surface area contributed by atoms with Crippen LogP contribution in [0, 0.1) is 18.2 Å². The van der Waals surface area contributed by atoms with Crippen LogP contribution >= 0.6 is 11.6 Å². The lowest BCUT2D eigenvalue weighted by molar-refractivity contribution is -0.143. The van der Waals surface area contributed by atoms with Crippen molar-refractivity contribution in [2.24, 2.45) is 10.2 Å². The van der Waals surface area contributed by atoms with Gasteiger partial charge in [0.2, 0.25) is 11.8 Å². The number of terminal acetylenes is 1. The lowest BCUT2D eigenvalue weighted by Crippen LogP contribution is -2.52. The molecule has 2 aliphatic heterocycles. The van der Waals surface area contributed by atoms with Crippen LogP contribution < -0.4 is 5.32 Å². The highest BCUT2D eigenvalue weighted by Gasteiger charge is 2.42. The zero-order chi connectivity index (χ0) is 18.7. The Kier molecular flexibility index (Phi) is 5.23. The van der Waals surface area contributed by atoms with Crippen LogP contribution in [0.5, 0.6) is 0 Å². The van der Waals surface area contributed by atoms with Crippen molar-refractivity contribution in [1.82, 2.24) is 10.2 Å². The zero-order valence-corrected chi connectivity index (χ0v) is 14.8. The number of carbonyl (C=O) groups excluding carboxylic acids is 2. The number of nitrogens with one attached hydrogen (secondary N) is 1. The van der Waals surface area contributed by atoms with Crippen LogP contribution in [0.2, 0.25) is 5.02 Å². The Morgan fingerprint density at radius 1 is 1.46 bits per heavy atom. The number of halogens is 2. The molecule has 0 spiro atoms. The Morgan fingerprint density at radius 3 is 2.88 bits per heavy atom. The number of piperazine rings is 1. The molecule has 1 fully saturated rings. The Labute approximate surface area is 155 Å². The highest BCUT2D eigenvalue weighted by atomic mass is 35.5. The summed E-state index contributed by atoms with van der Waals surface area (Å²) in [5.74, 6) is 1.21. The molecule has 0 aliphatic carbocycles. The van der Waals surface area contributed by atoms with Gasteiger partial charge in [0.1, 0.15) is 11.9 Å². The molecule has 1 saturated heterocycles. The standard InChI is InChI=1S/C18H18ClFN4O2/c1-2-3-8-18(22-23-18)9-7-14(25)24-11-10-21-17(26)16(24)15-12(19)5-4-6-13(15)20/h1,4-6,16H,3,7-11H2,(H,21,26). The molecule has 1 unspecified atom stereocenters. The predicted molar refractivity (Wildman–Crippen MR) is 93.8 cm³/mol. The molecule has 0 saturated carbocycles. The smallest absolute Gasteiger partial charge is 0.247 e. The molecule has 2 aliphatic rings. The first-order chi connectivity index (χ1) is 12.5. The van der Waals surface area contributed by atoms with E-state index in [1.807, 2.05) is 0 Å². The fourth-order valence-electron chi connectivity index (χ4n) is 3.11. The zero-order valence-electron chi connectivity index (χ0n) is 14.0. The molecule has 3 rings (SSSR count). The summed E-state index contributed by atoms with van der Waals surface area (Å²) in [5.41, 5.74) is -0.562. The molecule has 26 heavy (non-hydrogen) atoms. The molecular formula is C18H18ClFN4O2. The summed E-state index contributed by atoms with van der Waals surface area (Å²) in [7, 11) is 0. The molecule has 136 valence electrons. The van der Waals surface area contributed by atoms with E-state index in [-0.39, 0.29) is 29.5 Å². The van der Waals surface area contributed by atoms with Gasteiger partial charge in [-0.15, -0.1) is 12.3 Å². The Bertz CT molecular complexity index is 779. The molecule has 1 N–H and O–H groups in total. The maximum atomic E-state index is 14.3. The van der Waals surface area contributed by atoms with Crippen LogP contribution in [-0.4, -0.2) is 35.5 Å². The van der Waals surface area contributed by atoms with Gasteiger partial charge in [0.25, 0.3) is 0 Å². The minimum Gasteiger partial charge on any atom is -0.352 e. The number of amides is 2. The first-order valence-corrected chi connectivity index (χ1v) is 8.74. The van der Waals surface area contributed by atoms with E-state index in [1.165, 1.54) is 23.1 Å². The van der Waals surface area contributed by atoms with Crippen LogP contribution in [0.4, 0.5) is 4.39 Å². The van der Waals surface area contributed by atoms with Crippen molar-refractivity contribution < 1.29 is 14.0 Å². The van der Waals surface area contributed by atoms with Gasteiger partial charge < -0.3 is 10.2 Å². The molecule has 1 aromatic carbocycles. The number of hydrogen-bond donors (Lipinski definition) is 1. The Balaban J connectivity index is 1.75. The third kappa shape index (κ3) is 3.70. The van der Waals surface area contributed by atoms with Crippen molar-refractivity contribution >= 4 is 23.4 Å². The van der Waals surface area contributed by atoms with E-state index >= 15 is 0 Å². The van der Waals surface area contributed by atoms with Gasteiger partial charge in [-0.1, -0.05) is 17.7 Å². The van der Waals surface area contributed by atoms with E-state index in [9.17, 15) is 14.0 Å². The minimum absolute atomic E-state index is 0.0163. The van der Waals surface area contributed by atoms with Crippen LogP contribution in [0.3, 0.4) is 0 Å². The third-order valence-corrected chi connectivity index (χ3v) is 4.93. The molecule has 2 amide bonds. The topological polar surface area (TPSA) is 74.1 Å². The molecule has 2 heterocycles.